The van der Waals surface area contributed by atoms with Gasteiger partial charge >= 0.3 is 5.97 Å². The van der Waals surface area contributed by atoms with Crippen LogP contribution < -0.4 is 5.32 Å². The maximum Gasteiger partial charge on any atom is 0.312 e. The molecule has 0 saturated carbocycles. The minimum Gasteiger partial charge on any atom is -0.455 e. The van der Waals surface area contributed by atoms with E-state index in [0.29, 0.717) is 17.8 Å². The highest BCUT2D eigenvalue weighted by Gasteiger charge is 2.12. The number of nitrogens with zero attached hydrogens (tertiary/aromatic N) is 3. The number of nitrogens with one attached hydrogen (secondary N) is 1. The van der Waals surface area contributed by atoms with Gasteiger partial charge in [-0.05, 0) is 29.8 Å². The van der Waals surface area contributed by atoms with Crippen LogP contribution in [0.3, 0.4) is 0 Å². The summed E-state index contributed by atoms with van der Waals surface area (Å²) in [5, 5.41) is 13.8. The van der Waals surface area contributed by atoms with Crippen molar-refractivity contribution >= 4 is 28.9 Å². The first kappa shape index (κ1) is 19.2. The molecule has 1 N–H and O–H groups in total. The highest BCUT2D eigenvalue weighted by molar-refractivity contribution is 7.13. The van der Waals surface area contributed by atoms with Crippen molar-refractivity contribution in [3.8, 4) is 16.6 Å². The zero-order chi connectivity index (χ0) is 19.8. The zero-order valence-electron chi connectivity index (χ0n) is 14.8. The highest BCUT2D eigenvalue weighted by atomic mass is 32.1. The molecule has 0 unspecified atom stereocenters. The van der Waals surface area contributed by atoms with Crippen LogP contribution in [0.5, 0.6) is 0 Å². The number of benzene rings is 1. The minimum absolute atomic E-state index is 0.00704. The van der Waals surface area contributed by atoms with Crippen LogP contribution in [-0.4, -0.2) is 28.5 Å². The molecule has 0 spiro atoms. The molecule has 0 aliphatic rings. The van der Waals surface area contributed by atoms with Crippen LogP contribution in [0.25, 0.3) is 10.6 Å². The molecule has 0 fully saturated rings. The number of hydrogen-bond donors (Lipinski definition) is 1. The van der Waals surface area contributed by atoms with Crippen LogP contribution >= 0.6 is 11.3 Å². The molecule has 1 aromatic carbocycles. The summed E-state index contributed by atoms with van der Waals surface area (Å²) in [5.41, 5.74) is 2.90. The van der Waals surface area contributed by atoms with E-state index in [-0.39, 0.29) is 13.0 Å². The average Bonchev–Trinajstić information content (AvgIpc) is 3.17. The largest absolute Gasteiger partial charge is 0.455 e. The zero-order valence-corrected chi connectivity index (χ0v) is 15.6. The Morgan fingerprint density at radius 2 is 2.04 bits per heavy atom. The van der Waals surface area contributed by atoms with Crippen molar-refractivity contribution < 1.29 is 14.3 Å². The summed E-state index contributed by atoms with van der Waals surface area (Å²) < 4.78 is 5.02. The number of carbonyl (C=O) groups excluding carboxylic acids is 2. The molecule has 3 rings (SSSR count). The van der Waals surface area contributed by atoms with E-state index in [4.69, 9.17) is 10.00 Å². The minimum atomic E-state index is -0.525. The highest BCUT2D eigenvalue weighted by Crippen LogP contribution is 2.22. The second-order valence-corrected chi connectivity index (χ2v) is 6.66. The van der Waals surface area contributed by atoms with Gasteiger partial charge in [0, 0.05) is 29.0 Å². The van der Waals surface area contributed by atoms with Crippen LogP contribution in [0.15, 0.2) is 54.2 Å². The SMILES string of the molecule is N#CCc1ccc(NC(=O)COC(=O)Cc2csc(-c3cccnc3)n2)cc1. The van der Waals surface area contributed by atoms with Crippen molar-refractivity contribution in [3.05, 3.63) is 65.4 Å². The van der Waals surface area contributed by atoms with Gasteiger partial charge in [0.25, 0.3) is 5.91 Å². The fourth-order valence-electron chi connectivity index (χ4n) is 2.35. The summed E-state index contributed by atoms with van der Waals surface area (Å²) in [6.07, 6.45) is 3.69. The molecular weight excluding hydrogens is 376 g/mol. The van der Waals surface area contributed by atoms with E-state index in [0.717, 1.165) is 16.1 Å². The molecule has 1 amide bonds. The lowest BCUT2D eigenvalue weighted by atomic mass is 10.1. The number of esters is 1. The second-order valence-electron chi connectivity index (χ2n) is 5.80. The first-order valence-corrected chi connectivity index (χ1v) is 9.28. The van der Waals surface area contributed by atoms with Crippen molar-refractivity contribution in [2.24, 2.45) is 0 Å². The molecule has 0 atom stereocenters. The van der Waals surface area contributed by atoms with Crippen LogP contribution in [0.1, 0.15) is 11.3 Å². The summed E-state index contributed by atoms with van der Waals surface area (Å²) in [6.45, 7) is -0.377. The maximum atomic E-state index is 12.0. The number of amides is 1. The molecule has 2 aromatic heterocycles. The van der Waals surface area contributed by atoms with E-state index < -0.39 is 11.9 Å². The van der Waals surface area contributed by atoms with Crippen LogP contribution in [-0.2, 0) is 27.2 Å². The predicted octanol–water partition coefficient (Wildman–Crippen LogP) is 3.00. The summed E-state index contributed by atoms with van der Waals surface area (Å²) >= 11 is 1.42. The van der Waals surface area contributed by atoms with Gasteiger partial charge in [0.1, 0.15) is 5.01 Å². The van der Waals surface area contributed by atoms with Gasteiger partial charge in [-0.1, -0.05) is 12.1 Å². The number of nitriles is 1. The van der Waals surface area contributed by atoms with Crippen LogP contribution in [0.4, 0.5) is 5.69 Å². The molecule has 28 heavy (non-hydrogen) atoms. The Hall–Kier alpha value is -3.57. The third-order valence-electron chi connectivity index (χ3n) is 3.67. The molecule has 2 heterocycles. The van der Waals surface area contributed by atoms with Gasteiger partial charge in [-0.2, -0.15) is 5.26 Å². The first-order chi connectivity index (χ1) is 13.6. The lowest BCUT2D eigenvalue weighted by Crippen LogP contribution is -2.21. The number of carbonyl (C=O) groups is 2. The Morgan fingerprint density at radius 3 is 2.75 bits per heavy atom. The Balaban J connectivity index is 1.46. The van der Waals surface area contributed by atoms with Gasteiger partial charge in [0.05, 0.1) is 24.6 Å². The van der Waals surface area contributed by atoms with E-state index >= 15 is 0 Å². The van der Waals surface area contributed by atoms with Gasteiger partial charge in [0.2, 0.25) is 0 Å². The fourth-order valence-corrected chi connectivity index (χ4v) is 3.16. The molecule has 0 radical (unpaired) electrons. The van der Waals surface area contributed by atoms with Crippen LogP contribution in [0, 0.1) is 11.3 Å². The van der Waals surface area contributed by atoms with Gasteiger partial charge in [0.15, 0.2) is 6.61 Å². The van der Waals surface area contributed by atoms with Gasteiger partial charge < -0.3 is 10.1 Å². The van der Waals surface area contributed by atoms with E-state index in [1.54, 1.807) is 42.0 Å². The number of pyridine rings is 1. The normalized spacial score (nSPS) is 10.1. The third-order valence-corrected chi connectivity index (χ3v) is 4.61. The Kier molecular flexibility index (Phi) is 6.44. The number of thiazole rings is 1. The molecule has 0 bridgehead atoms. The standard InChI is InChI=1S/C20H16N4O3S/c21-8-7-14-3-5-16(6-4-14)23-18(25)12-27-19(26)10-17-13-28-20(24-17)15-2-1-9-22-11-15/h1-6,9,11,13H,7,10,12H2,(H,23,25). The Bertz CT molecular complexity index is 994. The molecule has 140 valence electrons. The van der Waals surface area contributed by atoms with Crippen molar-refractivity contribution in [2.45, 2.75) is 12.8 Å². The predicted molar refractivity (Wildman–Crippen MR) is 104 cm³/mol. The maximum absolute atomic E-state index is 12.0. The third kappa shape index (κ3) is 5.46. The van der Waals surface area contributed by atoms with Gasteiger partial charge in [-0.15, -0.1) is 11.3 Å². The molecule has 0 aliphatic heterocycles. The monoisotopic (exact) mass is 392 g/mol. The lowest BCUT2D eigenvalue weighted by molar-refractivity contribution is -0.146. The molecular formula is C20H16N4O3S. The summed E-state index contributed by atoms with van der Waals surface area (Å²) in [6, 6.07) is 12.7. The average molecular weight is 392 g/mol. The van der Waals surface area contributed by atoms with Crippen molar-refractivity contribution in [1.29, 1.82) is 5.26 Å². The molecule has 7 nitrogen and oxygen atoms in total. The topological polar surface area (TPSA) is 105 Å². The first-order valence-electron chi connectivity index (χ1n) is 8.40. The van der Waals surface area contributed by atoms with Gasteiger partial charge in [-0.3, -0.25) is 14.6 Å². The summed E-state index contributed by atoms with van der Waals surface area (Å²) in [7, 11) is 0. The Labute approximate surface area is 165 Å². The quantitative estimate of drug-likeness (QED) is 0.620. The molecule has 0 aliphatic carbocycles. The second kappa shape index (κ2) is 9.39. The van der Waals surface area contributed by atoms with E-state index in [1.807, 2.05) is 12.1 Å². The van der Waals surface area contributed by atoms with Gasteiger partial charge in [-0.25, -0.2) is 4.98 Å². The summed E-state index contributed by atoms with van der Waals surface area (Å²) in [4.78, 5) is 32.3. The molecule has 0 saturated heterocycles. The van der Waals surface area contributed by atoms with E-state index in [2.05, 4.69) is 21.4 Å². The summed E-state index contributed by atoms with van der Waals surface area (Å²) in [5.74, 6) is -0.960. The van der Waals surface area contributed by atoms with Crippen molar-refractivity contribution in [1.82, 2.24) is 9.97 Å². The number of aromatic nitrogens is 2. The lowest BCUT2D eigenvalue weighted by Gasteiger charge is -2.06. The van der Waals surface area contributed by atoms with Crippen LogP contribution in [0.2, 0.25) is 0 Å². The van der Waals surface area contributed by atoms with Crippen molar-refractivity contribution in [3.63, 3.8) is 0 Å². The molecule has 3 aromatic rings. The fraction of sp³-hybridized carbons (Fsp3) is 0.150. The molecule has 8 heteroatoms. The number of ether oxygens (including phenoxy) is 1. The Morgan fingerprint density at radius 1 is 1.21 bits per heavy atom. The number of hydrogen-bond acceptors (Lipinski definition) is 7. The number of anilines is 1. The van der Waals surface area contributed by atoms with Crippen molar-refractivity contribution in [2.75, 3.05) is 11.9 Å². The van der Waals surface area contributed by atoms with E-state index in [9.17, 15) is 9.59 Å². The number of rotatable bonds is 7. The smallest absolute Gasteiger partial charge is 0.312 e. The van der Waals surface area contributed by atoms with E-state index in [1.165, 1.54) is 11.3 Å².